The monoisotopic (exact) mass is 355 g/mol. The number of aryl methyl sites for hydroxylation is 2. The number of H-pyrrole nitrogens is 1. The number of carbonyl (C=O) groups is 1. The summed E-state index contributed by atoms with van der Waals surface area (Å²) in [6, 6.07) is 1.39. The van der Waals surface area contributed by atoms with Gasteiger partial charge in [-0.05, 0) is 36.8 Å². The van der Waals surface area contributed by atoms with Gasteiger partial charge in [-0.3, -0.25) is 4.79 Å². The van der Waals surface area contributed by atoms with E-state index in [1.807, 2.05) is 6.07 Å². The number of urea groups is 1. The number of nitrogens with one attached hydrogen (secondary N) is 3. The van der Waals surface area contributed by atoms with Crippen LogP contribution in [-0.2, 0) is 24.1 Å². The Hall–Kier alpha value is -1.96. The van der Waals surface area contributed by atoms with Gasteiger partial charge < -0.3 is 20.4 Å². The smallest absolute Gasteiger partial charge is 0.315 e. The largest absolute Gasteiger partial charge is 0.379 e. The number of alkyl halides is 2. The van der Waals surface area contributed by atoms with E-state index in [1.165, 1.54) is 7.11 Å². The van der Waals surface area contributed by atoms with E-state index in [0.29, 0.717) is 5.56 Å². The average Bonchev–Trinajstić information content (AvgIpc) is 2.98. The molecule has 25 heavy (non-hydrogen) atoms. The Balaban J connectivity index is 1.46. The minimum Gasteiger partial charge on any atom is -0.379 e. The van der Waals surface area contributed by atoms with E-state index in [-0.39, 0.29) is 37.4 Å². The Labute approximate surface area is 144 Å². The number of fused-ring (bicyclic) bond motifs is 1. The molecular formula is C17H23F2N3O3. The number of aromatic amines is 1. The van der Waals surface area contributed by atoms with Crippen LogP contribution in [0.3, 0.4) is 0 Å². The van der Waals surface area contributed by atoms with Gasteiger partial charge in [0.15, 0.2) is 0 Å². The van der Waals surface area contributed by atoms with Crippen molar-refractivity contribution in [2.75, 3.05) is 13.7 Å². The topological polar surface area (TPSA) is 83.2 Å². The highest BCUT2D eigenvalue weighted by Crippen LogP contribution is 2.44. The molecule has 8 heteroatoms. The van der Waals surface area contributed by atoms with Crippen LogP contribution in [0.25, 0.3) is 0 Å². The lowest BCUT2D eigenvalue weighted by Gasteiger charge is -2.39. The van der Waals surface area contributed by atoms with Crippen LogP contribution in [-0.4, -0.2) is 36.7 Å². The highest BCUT2D eigenvalue weighted by Gasteiger charge is 2.48. The number of methoxy groups -OCH3 is 1. The molecule has 0 radical (unpaired) electrons. The lowest BCUT2D eigenvalue weighted by atomic mass is 9.77. The van der Waals surface area contributed by atoms with Gasteiger partial charge in [-0.25, -0.2) is 13.6 Å². The molecule has 1 fully saturated rings. The fourth-order valence-electron chi connectivity index (χ4n) is 3.54. The van der Waals surface area contributed by atoms with E-state index in [9.17, 15) is 18.4 Å². The number of hydrogen-bond acceptors (Lipinski definition) is 3. The standard InChI is InChI=1S/C17H23F2N3O3/c1-25-14(12-6-17(18,19)7-12)9-21-16(24)20-8-11-5-10-3-2-4-13(10)22-15(11)23/h5,12,14H,2-4,6-9H2,1H3,(H,22,23)(H2,20,21,24). The van der Waals surface area contributed by atoms with Crippen LogP contribution in [0.15, 0.2) is 10.9 Å². The Morgan fingerprint density at radius 1 is 1.40 bits per heavy atom. The van der Waals surface area contributed by atoms with Gasteiger partial charge in [-0.1, -0.05) is 0 Å². The molecule has 0 bridgehead atoms. The number of hydrogen-bond donors (Lipinski definition) is 3. The Morgan fingerprint density at radius 3 is 2.84 bits per heavy atom. The van der Waals surface area contributed by atoms with Crippen LogP contribution in [0.5, 0.6) is 0 Å². The summed E-state index contributed by atoms with van der Waals surface area (Å²) < 4.78 is 31.1. The van der Waals surface area contributed by atoms with Crippen LogP contribution in [0.1, 0.15) is 36.1 Å². The highest BCUT2D eigenvalue weighted by molar-refractivity contribution is 5.73. The third-order valence-corrected chi connectivity index (χ3v) is 5.02. The van der Waals surface area contributed by atoms with Gasteiger partial charge in [0.25, 0.3) is 5.56 Å². The molecule has 1 heterocycles. The summed E-state index contributed by atoms with van der Waals surface area (Å²) in [4.78, 5) is 26.7. The van der Waals surface area contributed by atoms with Crippen molar-refractivity contribution in [2.24, 2.45) is 5.92 Å². The zero-order valence-corrected chi connectivity index (χ0v) is 14.2. The first kappa shape index (κ1) is 17.8. The molecule has 0 aliphatic heterocycles. The van der Waals surface area contributed by atoms with Gasteiger partial charge in [-0.2, -0.15) is 0 Å². The lowest BCUT2D eigenvalue weighted by molar-refractivity contribution is -0.145. The summed E-state index contributed by atoms with van der Waals surface area (Å²) in [5.74, 6) is -2.86. The summed E-state index contributed by atoms with van der Waals surface area (Å²) in [5, 5.41) is 5.25. The van der Waals surface area contributed by atoms with Crippen LogP contribution in [0, 0.1) is 5.92 Å². The molecule has 3 N–H and O–H groups in total. The van der Waals surface area contributed by atoms with E-state index >= 15 is 0 Å². The van der Waals surface area contributed by atoms with Crippen molar-refractivity contribution < 1.29 is 18.3 Å². The van der Waals surface area contributed by atoms with Crippen molar-refractivity contribution in [1.82, 2.24) is 15.6 Å². The molecule has 0 saturated heterocycles. The van der Waals surface area contributed by atoms with E-state index in [4.69, 9.17) is 4.74 Å². The average molecular weight is 355 g/mol. The van der Waals surface area contributed by atoms with Crippen LogP contribution in [0.4, 0.5) is 13.6 Å². The number of carbonyl (C=O) groups excluding carboxylic acids is 1. The second-order valence-corrected chi connectivity index (χ2v) is 6.84. The summed E-state index contributed by atoms with van der Waals surface area (Å²) in [6.45, 7) is 0.275. The molecule has 2 aliphatic rings. The molecule has 1 aromatic heterocycles. The second-order valence-electron chi connectivity index (χ2n) is 6.84. The van der Waals surface area contributed by atoms with Gasteiger partial charge in [-0.15, -0.1) is 0 Å². The molecule has 0 spiro atoms. The van der Waals surface area contributed by atoms with Crippen molar-refractivity contribution >= 4 is 6.03 Å². The first-order valence-corrected chi connectivity index (χ1v) is 8.54. The maximum absolute atomic E-state index is 12.9. The van der Waals surface area contributed by atoms with E-state index in [2.05, 4.69) is 15.6 Å². The quantitative estimate of drug-likeness (QED) is 0.727. The summed E-state index contributed by atoms with van der Waals surface area (Å²) in [6.07, 6.45) is 2.00. The Morgan fingerprint density at radius 2 is 2.16 bits per heavy atom. The third kappa shape index (κ3) is 4.18. The zero-order valence-electron chi connectivity index (χ0n) is 14.2. The van der Waals surface area contributed by atoms with Gasteiger partial charge in [0.2, 0.25) is 5.92 Å². The zero-order chi connectivity index (χ0) is 18.0. The maximum atomic E-state index is 12.9. The molecule has 3 rings (SSSR count). The number of aromatic nitrogens is 1. The molecule has 1 atom stereocenters. The van der Waals surface area contributed by atoms with E-state index < -0.39 is 18.1 Å². The number of rotatable bonds is 6. The van der Waals surface area contributed by atoms with Crippen molar-refractivity contribution in [3.05, 3.63) is 33.2 Å². The van der Waals surface area contributed by atoms with Crippen molar-refractivity contribution in [1.29, 1.82) is 0 Å². The van der Waals surface area contributed by atoms with Crippen LogP contribution >= 0.6 is 0 Å². The van der Waals surface area contributed by atoms with E-state index in [0.717, 1.165) is 30.5 Å². The molecule has 1 saturated carbocycles. The lowest BCUT2D eigenvalue weighted by Crippen LogP contribution is -2.48. The number of pyridine rings is 1. The summed E-state index contributed by atoms with van der Waals surface area (Å²) in [7, 11) is 1.45. The van der Waals surface area contributed by atoms with Crippen LogP contribution < -0.4 is 16.2 Å². The van der Waals surface area contributed by atoms with Crippen LogP contribution in [0.2, 0.25) is 0 Å². The summed E-state index contributed by atoms with van der Waals surface area (Å²) >= 11 is 0. The predicted molar refractivity (Wildman–Crippen MR) is 87.8 cm³/mol. The van der Waals surface area contributed by atoms with E-state index in [1.54, 1.807) is 0 Å². The maximum Gasteiger partial charge on any atom is 0.315 e. The molecule has 6 nitrogen and oxygen atoms in total. The fraction of sp³-hybridized carbons (Fsp3) is 0.647. The summed E-state index contributed by atoms with van der Waals surface area (Å²) in [5.41, 5.74) is 2.44. The molecule has 1 aromatic rings. The number of ether oxygens (including phenoxy) is 1. The van der Waals surface area contributed by atoms with Gasteiger partial charge in [0.1, 0.15) is 0 Å². The van der Waals surface area contributed by atoms with Gasteiger partial charge in [0.05, 0.1) is 6.10 Å². The minimum absolute atomic E-state index is 0.119. The number of halogens is 2. The third-order valence-electron chi connectivity index (χ3n) is 5.02. The first-order chi connectivity index (χ1) is 11.9. The number of amides is 2. The molecular weight excluding hydrogens is 332 g/mol. The highest BCUT2D eigenvalue weighted by atomic mass is 19.3. The Kier molecular flexibility index (Phi) is 5.08. The van der Waals surface area contributed by atoms with Crippen molar-refractivity contribution in [3.8, 4) is 0 Å². The fourth-order valence-corrected chi connectivity index (χ4v) is 3.54. The normalized spacial score (nSPS) is 19.8. The first-order valence-electron chi connectivity index (χ1n) is 8.54. The minimum atomic E-state index is -2.61. The molecule has 138 valence electrons. The Bertz CT molecular complexity index is 697. The molecule has 0 aromatic carbocycles. The predicted octanol–water partition coefficient (Wildman–Crippen LogP) is 1.72. The SMILES string of the molecule is COC(CNC(=O)NCc1cc2c([nH]c1=O)CCC2)C1CC(F)(F)C1. The molecule has 1 unspecified atom stereocenters. The second kappa shape index (κ2) is 7.11. The van der Waals surface area contributed by atoms with Gasteiger partial charge >= 0.3 is 6.03 Å². The molecule has 2 amide bonds. The van der Waals surface area contributed by atoms with Gasteiger partial charge in [0, 0.05) is 44.3 Å². The van der Waals surface area contributed by atoms with Crippen molar-refractivity contribution in [3.63, 3.8) is 0 Å². The van der Waals surface area contributed by atoms with Crippen molar-refractivity contribution in [2.45, 2.75) is 50.7 Å². The molecule has 2 aliphatic carbocycles.